The minimum atomic E-state index is -0.331. The molecule has 5 heteroatoms. The van der Waals surface area contributed by atoms with Gasteiger partial charge in [-0.3, -0.25) is 4.98 Å². The molecule has 1 heterocycles. The number of rotatable bonds is 2. The van der Waals surface area contributed by atoms with Gasteiger partial charge in [-0.25, -0.2) is 14.3 Å². The van der Waals surface area contributed by atoms with Gasteiger partial charge < -0.3 is 0 Å². The number of hydrogen-bond donors (Lipinski definition) is 2. The van der Waals surface area contributed by atoms with Crippen molar-refractivity contribution in [2.75, 3.05) is 0 Å². The predicted octanol–water partition coefficient (Wildman–Crippen LogP) is 0.828. The van der Waals surface area contributed by atoms with Crippen molar-refractivity contribution in [3.8, 4) is 0 Å². The first-order valence-electron chi connectivity index (χ1n) is 4.12. The Kier molecular flexibility index (Phi) is 2.14. The third kappa shape index (κ3) is 1.87. The fraction of sp³-hybridized carbons (Fsp3) is 0.111. The fourth-order valence-corrected chi connectivity index (χ4v) is 1.18. The van der Waals surface area contributed by atoms with Crippen LogP contribution in [0.3, 0.4) is 0 Å². The van der Waals surface area contributed by atoms with Crippen LogP contribution in [0.4, 0.5) is 4.39 Å². The van der Waals surface area contributed by atoms with E-state index in [0.29, 0.717) is 12.2 Å². The maximum absolute atomic E-state index is 12.5. The first-order valence-corrected chi connectivity index (χ1v) is 4.12. The Bertz CT molecular complexity index is 471. The van der Waals surface area contributed by atoms with Crippen LogP contribution in [-0.2, 0) is 6.42 Å². The zero-order valence-corrected chi connectivity index (χ0v) is 7.25. The van der Waals surface area contributed by atoms with Crippen LogP contribution in [-0.4, -0.2) is 15.2 Å². The van der Waals surface area contributed by atoms with Crippen molar-refractivity contribution in [2.24, 2.45) is 0 Å². The zero-order chi connectivity index (χ0) is 9.97. The smallest absolute Gasteiger partial charge is 0.293 e. The third-order valence-corrected chi connectivity index (χ3v) is 1.84. The lowest BCUT2D eigenvalue weighted by molar-refractivity contribution is 0.627. The van der Waals surface area contributed by atoms with Crippen LogP contribution in [0.5, 0.6) is 0 Å². The van der Waals surface area contributed by atoms with Gasteiger partial charge in [0.15, 0.2) is 0 Å². The average Bonchev–Trinajstić information content (AvgIpc) is 2.56. The first-order chi connectivity index (χ1) is 6.74. The molecule has 0 spiro atoms. The SMILES string of the molecule is O=c1[nH]nc(Cc2ccc(F)cc2)[nH]1. The highest BCUT2D eigenvalue weighted by Gasteiger charge is 2.00. The molecule has 4 nitrogen and oxygen atoms in total. The van der Waals surface area contributed by atoms with E-state index in [0.717, 1.165) is 5.56 Å². The summed E-state index contributed by atoms with van der Waals surface area (Å²) >= 11 is 0. The standard InChI is InChI=1S/C9H8FN3O/c10-7-3-1-6(2-4-7)5-8-11-9(14)13-12-8/h1-4H,5H2,(H2,11,12,13,14). The van der Waals surface area contributed by atoms with Crippen LogP contribution in [0.1, 0.15) is 11.4 Å². The van der Waals surface area contributed by atoms with Gasteiger partial charge >= 0.3 is 5.69 Å². The second-order valence-electron chi connectivity index (χ2n) is 2.93. The van der Waals surface area contributed by atoms with Gasteiger partial charge in [-0.2, -0.15) is 5.10 Å². The number of nitrogens with zero attached hydrogens (tertiary/aromatic N) is 1. The molecule has 0 radical (unpaired) electrons. The van der Waals surface area contributed by atoms with Crippen LogP contribution in [0.2, 0.25) is 0 Å². The van der Waals surface area contributed by atoms with Crippen LogP contribution in [0.25, 0.3) is 0 Å². The van der Waals surface area contributed by atoms with Gasteiger partial charge in [-0.15, -0.1) is 0 Å². The van der Waals surface area contributed by atoms with E-state index in [1.54, 1.807) is 12.1 Å². The van der Waals surface area contributed by atoms with E-state index in [4.69, 9.17) is 0 Å². The van der Waals surface area contributed by atoms with Crippen LogP contribution in [0.15, 0.2) is 29.1 Å². The molecule has 0 aliphatic carbocycles. The Morgan fingerprint density at radius 3 is 2.57 bits per heavy atom. The molecule has 2 N–H and O–H groups in total. The van der Waals surface area contributed by atoms with Crippen molar-refractivity contribution in [1.82, 2.24) is 15.2 Å². The minimum absolute atomic E-state index is 0.274. The van der Waals surface area contributed by atoms with Crippen LogP contribution < -0.4 is 5.69 Å². The lowest BCUT2D eigenvalue weighted by Crippen LogP contribution is -2.01. The second kappa shape index (κ2) is 3.45. The molecule has 2 aromatic rings. The summed E-state index contributed by atoms with van der Waals surface area (Å²) in [6, 6.07) is 6.06. The van der Waals surface area contributed by atoms with E-state index in [1.165, 1.54) is 12.1 Å². The summed E-state index contributed by atoms with van der Waals surface area (Å²) in [6.07, 6.45) is 0.485. The maximum atomic E-state index is 12.5. The summed E-state index contributed by atoms with van der Waals surface area (Å²) in [5.74, 6) is 0.269. The highest BCUT2D eigenvalue weighted by atomic mass is 19.1. The summed E-state index contributed by atoms with van der Waals surface area (Å²) in [5.41, 5.74) is 0.566. The van der Waals surface area contributed by atoms with Crippen molar-refractivity contribution >= 4 is 0 Å². The highest BCUT2D eigenvalue weighted by Crippen LogP contribution is 2.05. The van der Waals surface area contributed by atoms with Gasteiger partial charge in [-0.05, 0) is 17.7 Å². The number of nitrogens with one attached hydrogen (secondary N) is 2. The maximum Gasteiger partial charge on any atom is 0.340 e. The Labute approximate surface area is 78.8 Å². The van der Waals surface area contributed by atoms with E-state index >= 15 is 0 Å². The number of aromatic amines is 2. The van der Waals surface area contributed by atoms with E-state index in [2.05, 4.69) is 15.2 Å². The Morgan fingerprint density at radius 2 is 2.00 bits per heavy atom. The normalized spacial score (nSPS) is 10.4. The highest BCUT2D eigenvalue weighted by molar-refractivity contribution is 5.19. The number of H-pyrrole nitrogens is 2. The van der Waals surface area contributed by atoms with Gasteiger partial charge in [0.25, 0.3) is 0 Å². The molecule has 72 valence electrons. The molecule has 0 aliphatic heterocycles. The number of benzene rings is 1. The molecule has 0 bridgehead atoms. The van der Waals surface area contributed by atoms with Gasteiger partial charge in [0.1, 0.15) is 11.6 Å². The zero-order valence-electron chi connectivity index (χ0n) is 7.25. The summed E-state index contributed by atoms with van der Waals surface area (Å²) < 4.78 is 12.5. The largest absolute Gasteiger partial charge is 0.340 e. The monoisotopic (exact) mass is 193 g/mol. The molecular weight excluding hydrogens is 185 g/mol. The predicted molar refractivity (Wildman–Crippen MR) is 48.4 cm³/mol. The van der Waals surface area contributed by atoms with E-state index in [1.807, 2.05) is 0 Å². The van der Waals surface area contributed by atoms with Gasteiger partial charge in [0, 0.05) is 6.42 Å². The molecule has 0 aliphatic rings. The molecule has 14 heavy (non-hydrogen) atoms. The molecule has 0 saturated heterocycles. The van der Waals surface area contributed by atoms with Crippen molar-refractivity contribution in [3.05, 3.63) is 52.0 Å². The van der Waals surface area contributed by atoms with Gasteiger partial charge in [0.2, 0.25) is 0 Å². The van der Waals surface area contributed by atoms with E-state index < -0.39 is 0 Å². The Morgan fingerprint density at radius 1 is 1.29 bits per heavy atom. The molecular formula is C9H8FN3O. The first kappa shape index (κ1) is 8.68. The molecule has 0 atom stereocenters. The van der Waals surface area contributed by atoms with Crippen LogP contribution in [0, 0.1) is 5.82 Å². The summed E-state index contributed by atoms with van der Waals surface area (Å²) in [4.78, 5) is 13.2. The molecule has 0 amide bonds. The quantitative estimate of drug-likeness (QED) is 0.742. The summed E-state index contributed by atoms with van der Waals surface area (Å²) in [5, 5.41) is 6.01. The average molecular weight is 193 g/mol. The van der Waals surface area contributed by atoms with Gasteiger partial charge in [0.05, 0.1) is 0 Å². The molecule has 0 fully saturated rings. The number of hydrogen-bond acceptors (Lipinski definition) is 2. The summed E-state index contributed by atoms with van der Waals surface area (Å²) in [6.45, 7) is 0. The topological polar surface area (TPSA) is 61.5 Å². The lowest BCUT2D eigenvalue weighted by atomic mass is 10.1. The molecule has 1 aromatic carbocycles. The van der Waals surface area contributed by atoms with Crippen molar-refractivity contribution in [2.45, 2.75) is 6.42 Å². The molecule has 2 rings (SSSR count). The summed E-state index contributed by atoms with van der Waals surface area (Å²) in [7, 11) is 0. The molecule has 0 saturated carbocycles. The van der Waals surface area contributed by atoms with E-state index in [9.17, 15) is 9.18 Å². The third-order valence-electron chi connectivity index (χ3n) is 1.84. The van der Waals surface area contributed by atoms with Crippen molar-refractivity contribution in [1.29, 1.82) is 0 Å². The number of halogens is 1. The van der Waals surface area contributed by atoms with Gasteiger partial charge in [-0.1, -0.05) is 12.1 Å². The molecule has 0 unspecified atom stereocenters. The molecule has 1 aromatic heterocycles. The number of aromatic nitrogens is 3. The fourth-order valence-electron chi connectivity index (χ4n) is 1.18. The lowest BCUT2D eigenvalue weighted by Gasteiger charge is -1.96. The van der Waals surface area contributed by atoms with Crippen LogP contribution >= 0.6 is 0 Å². The van der Waals surface area contributed by atoms with Crippen molar-refractivity contribution < 1.29 is 4.39 Å². The van der Waals surface area contributed by atoms with E-state index in [-0.39, 0.29) is 11.5 Å². The Balaban J connectivity index is 2.19. The van der Waals surface area contributed by atoms with Crippen molar-refractivity contribution in [3.63, 3.8) is 0 Å². The minimum Gasteiger partial charge on any atom is -0.293 e. The second-order valence-corrected chi connectivity index (χ2v) is 2.93. The Hall–Kier alpha value is -1.91.